The molecule has 2 N–H and O–H groups in total. The molecule has 1 rings (SSSR count). The summed E-state index contributed by atoms with van der Waals surface area (Å²) in [4.78, 5) is 13.3. The van der Waals surface area contributed by atoms with Crippen molar-refractivity contribution in [3.05, 3.63) is 34.1 Å². The number of hydrogen-bond donors (Lipinski definition) is 1. The Kier molecular flexibility index (Phi) is 4.27. The number of nitrogens with two attached hydrogens (primary N) is 1. The highest BCUT2D eigenvalue weighted by molar-refractivity contribution is 9.10. The molecule has 0 unspecified atom stereocenters. The lowest BCUT2D eigenvalue weighted by Crippen LogP contribution is -2.49. The number of amides is 1. The summed E-state index contributed by atoms with van der Waals surface area (Å²) in [6.45, 7) is 3.46. The van der Waals surface area contributed by atoms with E-state index in [1.807, 2.05) is 0 Å². The van der Waals surface area contributed by atoms with Crippen molar-refractivity contribution in [2.75, 3.05) is 7.05 Å². The maximum Gasteiger partial charge on any atom is 0.242 e. The van der Waals surface area contributed by atoms with Gasteiger partial charge in [0.15, 0.2) is 0 Å². The molecule has 0 saturated heterocycles. The second kappa shape index (κ2) is 5.14. The average molecular weight is 303 g/mol. The quantitative estimate of drug-likeness (QED) is 0.931. The molecule has 0 fully saturated rings. The lowest BCUT2D eigenvalue weighted by atomic mass is 10.1. The van der Waals surface area contributed by atoms with Crippen LogP contribution in [-0.2, 0) is 11.3 Å². The minimum absolute atomic E-state index is 0.199. The van der Waals surface area contributed by atoms with Gasteiger partial charge in [0, 0.05) is 23.6 Å². The molecule has 1 aromatic rings. The minimum atomic E-state index is -0.947. The van der Waals surface area contributed by atoms with Crippen LogP contribution >= 0.6 is 15.9 Å². The van der Waals surface area contributed by atoms with Crippen molar-refractivity contribution in [3.63, 3.8) is 0 Å². The maximum absolute atomic E-state index is 13.5. The summed E-state index contributed by atoms with van der Waals surface area (Å²) in [6.07, 6.45) is 0. The van der Waals surface area contributed by atoms with Gasteiger partial charge < -0.3 is 10.6 Å². The van der Waals surface area contributed by atoms with E-state index >= 15 is 0 Å². The van der Waals surface area contributed by atoms with Gasteiger partial charge in [-0.3, -0.25) is 4.79 Å². The number of carbonyl (C=O) groups is 1. The molecule has 5 heteroatoms. The second-order valence-electron chi connectivity index (χ2n) is 4.62. The zero-order valence-electron chi connectivity index (χ0n) is 10.1. The maximum atomic E-state index is 13.5. The molecule has 17 heavy (non-hydrogen) atoms. The molecular weight excluding hydrogens is 287 g/mol. The van der Waals surface area contributed by atoms with Crippen LogP contribution in [0, 0.1) is 5.82 Å². The summed E-state index contributed by atoms with van der Waals surface area (Å²) in [7, 11) is 1.61. The molecule has 0 radical (unpaired) electrons. The van der Waals surface area contributed by atoms with Crippen LogP contribution in [0.25, 0.3) is 0 Å². The fourth-order valence-electron chi connectivity index (χ4n) is 1.48. The van der Waals surface area contributed by atoms with Gasteiger partial charge >= 0.3 is 0 Å². The van der Waals surface area contributed by atoms with Crippen molar-refractivity contribution in [1.82, 2.24) is 4.90 Å². The number of likely N-dealkylation sites (N-methyl/N-ethyl adjacent to an activating group) is 1. The van der Waals surface area contributed by atoms with Crippen LogP contribution in [0.5, 0.6) is 0 Å². The molecular formula is C12H16BrFN2O. The molecule has 1 aromatic carbocycles. The van der Waals surface area contributed by atoms with E-state index in [9.17, 15) is 9.18 Å². The van der Waals surface area contributed by atoms with Gasteiger partial charge in [-0.25, -0.2) is 4.39 Å². The molecule has 0 aliphatic heterocycles. The molecule has 94 valence electrons. The van der Waals surface area contributed by atoms with Gasteiger partial charge in [-0.05, 0) is 32.0 Å². The number of carbonyl (C=O) groups excluding carboxylic acids is 1. The van der Waals surface area contributed by atoms with Crippen LogP contribution in [0.15, 0.2) is 22.7 Å². The minimum Gasteiger partial charge on any atom is -0.340 e. The molecule has 0 aliphatic rings. The first-order chi connectivity index (χ1) is 7.71. The first-order valence-corrected chi connectivity index (χ1v) is 5.99. The number of nitrogens with zero attached hydrogens (tertiary/aromatic N) is 1. The van der Waals surface area contributed by atoms with E-state index in [1.54, 1.807) is 33.0 Å². The smallest absolute Gasteiger partial charge is 0.242 e. The summed E-state index contributed by atoms with van der Waals surface area (Å²) in [6, 6.07) is 4.64. The van der Waals surface area contributed by atoms with Gasteiger partial charge in [0.05, 0.1) is 5.54 Å². The van der Waals surface area contributed by atoms with Crippen molar-refractivity contribution >= 4 is 21.8 Å². The zero-order chi connectivity index (χ0) is 13.2. The number of halogens is 2. The van der Waals surface area contributed by atoms with Crippen LogP contribution in [0.3, 0.4) is 0 Å². The van der Waals surface area contributed by atoms with E-state index in [0.717, 1.165) is 4.47 Å². The molecule has 0 aliphatic carbocycles. The van der Waals surface area contributed by atoms with Gasteiger partial charge in [0.1, 0.15) is 5.82 Å². The highest BCUT2D eigenvalue weighted by Crippen LogP contribution is 2.17. The number of hydrogen-bond acceptors (Lipinski definition) is 2. The number of benzene rings is 1. The van der Waals surface area contributed by atoms with Gasteiger partial charge in [0.25, 0.3) is 0 Å². The van der Waals surface area contributed by atoms with Crippen molar-refractivity contribution in [3.8, 4) is 0 Å². The Balaban J connectivity index is 2.85. The average Bonchev–Trinajstić information content (AvgIpc) is 2.21. The van der Waals surface area contributed by atoms with Crippen LogP contribution < -0.4 is 5.73 Å². The van der Waals surface area contributed by atoms with Crippen LogP contribution in [0.2, 0.25) is 0 Å². The molecule has 0 spiro atoms. The summed E-state index contributed by atoms with van der Waals surface area (Å²) >= 11 is 3.27. The largest absolute Gasteiger partial charge is 0.340 e. The molecule has 0 atom stereocenters. The number of rotatable bonds is 3. The van der Waals surface area contributed by atoms with Crippen LogP contribution in [0.4, 0.5) is 4.39 Å². The van der Waals surface area contributed by atoms with Crippen molar-refractivity contribution in [1.29, 1.82) is 0 Å². The third kappa shape index (κ3) is 3.78. The monoisotopic (exact) mass is 302 g/mol. The molecule has 1 amide bonds. The molecule has 0 saturated carbocycles. The molecule has 3 nitrogen and oxygen atoms in total. The predicted molar refractivity (Wildman–Crippen MR) is 68.8 cm³/mol. The Bertz CT molecular complexity index is 429. The first kappa shape index (κ1) is 14.1. The Hall–Kier alpha value is -0.940. The van der Waals surface area contributed by atoms with E-state index < -0.39 is 5.54 Å². The summed E-state index contributed by atoms with van der Waals surface area (Å²) in [5, 5.41) is 0. The lowest BCUT2D eigenvalue weighted by Gasteiger charge is -2.26. The fourth-order valence-corrected chi connectivity index (χ4v) is 1.89. The normalized spacial score (nSPS) is 11.4. The zero-order valence-corrected chi connectivity index (χ0v) is 11.7. The van der Waals surface area contributed by atoms with Crippen molar-refractivity contribution in [2.24, 2.45) is 5.73 Å². The van der Waals surface area contributed by atoms with E-state index in [4.69, 9.17) is 5.73 Å². The van der Waals surface area contributed by atoms with Gasteiger partial charge in [0.2, 0.25) is 5.91 Å². The van der Waals surface area contributed by atoms with Crippen LogP contribution in [-0.4, -0.2) is 23.4 Å². The Morgan fingerprint density at radius 2 is 2.12 bits per heavy atom. The predicted octanol–water partition coefficient (Wildman–Crippen LogP) is 2.28. The van der Waals surface area contributed by atoms with E-state index in [0.29, 0.717) is 5.56 Å². The molecule has 0 bridgehead atoms. The Labute approximate surface area is 109 Å². The van der Waals surface area contributed by atoms with E-state index in [1.165, 1.54) is 11.0 Å². The third-order valence-electron chi connectivity index (χ3n) is 2.31. The van der Waals surface area contributed by atoms with Crippen molar-refractivity contribution in [2.45, 2.75) is 25.9 Å². The standard InChI is InChI=1S/C12H16BrFN2O/c1-12(2,15)11(17)16(3)7-8-6-9(13)4-5-10(8)14/h4-6H,7,15H2,1-3H3. The van der Waals surface area contributed by atoms with E-state index in [-0.39, 0.29) is 18.3 Å². The van der Waals surface area contributed by atoms with Gasteiger partial charge in [-0.15, -0.1) is 0 Å². The second-order valence-corrected chi connectivity index (χ2v) is 5.53. The van der Waals surface area contributed by atoms with Gasteiger partial charge in [-0.1, -0.05) is 15.9 Å². The SMILES string of the molecule is CN(Cc1cc(Br)ccc1F)C(=O)C(C)(C)N. The molecule has 0 aromatic heterocycles. The highest BCUT2D eigenvalue weighted by atomic mass is 79.9. The summed E-state index contributed by atoms with van der Waals surface area (Å²) < 4.78 is 14.3. The first-order valence-electron chi connectivity index (χ1n) is 5.20. The summed E-state index contributed by atoms with van der Waals surface area (Å²) in [5.41, 5.74) is 5.22. The topological polar surface area (TPSA) is 46.3 Å². The lowest BCUT2D eigenvalue weighted by molar-refractivity contribution is -0.135. The fraction of sp³-hybridized carbons (Fsp3) is 0.417. The Morgan fingerprint density at radius 3 is 2.65 bits per heavy atom. The molecule has 0 heterocycles. The Morgan fingerprint density at radius 1 is 1.53 bits per heavy atom. The summed E-state index contributed by atoms with van der Waals surface area (Å²) in [5.74, 6) is -0.556. The third-order valence-corrected chi connectivity index (χ3v) is 2.81. The van der Waals surface area contributed by atoms with Crippen LogP contribution in [0.1, 0.15) is 19.4 Å². The van der Waals surface area contributed by atoms with E-state index in [2.05, 4.69) is 15.9 Å². The van der Waals surface area contributed by atoms with Crippen molar-refractivity contribution < 1.29 is 9.18 Å². The van der Waals surface area contributed by atoms with Gasteiger partial charge in [-0.2, -0.15) is 0 Å². The highest BCUT2D eigenvalue weighted by Gasteiger charge is 2.25.